The molecule has 1 aliphatic rings. The molecule has 0 bridgehead atoms. The average molecular weight is 432 g/mol. The fourth-order valence-electron chi connectivity index (χ4n) is 4.44. The van der Waals surface area contributed by atoms with Crippen LogP contribution in [0.4, 0.5) is 0 Å². The van der Waals surface area contributed by atoms with Crippen LogP contribution in [-0.2, 0) is 16.0 Å². The van der Waals surface area contributed by atoms with Crippen LogP contribution in [0.1, 0.15) is 55.0 Å². The van der Waals surface area contributed by atoms with Gasteiger partial charge in [0.15, 0.2) is 5.58 Å². The summed E-state index contributed by atoms with van der Waals surface area (Å²) in [6.45, 7) is 5.23. The van der Waals surface area contributed by atoms with E-state index in [2.05, 4.69) is 52.4 Å². The largest absolute Gasteiger partial charge is 0.466 e. The van der Waals surface area contributed by atoms with Crippen molar-refractivity contribution < 1.29 is 13.9 Å². The van der Waals surface area contributed by atoms with Gasteiger partial charge in [0.05, 0.1) is 19.1 Å². The minimum atomic E-state index is -0.742. The quantitative estimate of drug-likeness (QED) is 0.476. The maximum absolute atomic E-state index is 11.8. The molecule has 1 unspecified atom stereocenters. The third kappa shape index (κ3) is 5.17. The van der Waals surface area contributed by atoms with E-state index >= 15 is 0 Å². The molecule has 166 valence electrons. The van der Waals surface area contributed by atoms with Gasteiger partial charge in [-0.3, -0.25) is 4.79 Å². The molecule has 6 nitrogen and oxygen atoms in total. The van der Waals surface area contributed by atoms with Gasteiger partial charge in [-0.15, -0.1) is 0 Å². The van der Waals surface area contributed by atoms with Gasteiger partial charge in [-0.25, -0.2) is 4.98 Å². The molecule has 2 heterocycles. The highest BCUT2D eigenvalue weighted by atomic mass is 16.5. The Morgan fingerprint density at radius 3 is 2.72 bits per heavy atom. The Bertz CT molecular complexity index is 1080. The lowest BCUT2D eigenvalue weighted by molar-refractivity contribution is -0.143. The third-order valence-corrected chi connectivity index (χ3v) is 6.18. The topological polar surface area (TPSA) is 79.4 Å². The van der Waals surface area contributed by atoms with Crippen LogP contribution in [0.2, 0.25) is 0 Å². The monoisotopic (exact) mass is 431 g/mol. The number of hydrogen-bond donors (Lipinski definition) is 0. The second-order valence-electron chi connectivity index (χ2n) is 8.29. The zero-order chi connectivity index (χ0) is 22.3. The number of rotatable bonds is 8. The molecule has 3 aromatic rings. The molecule has 2 aromatic carbocycles. The van der Waals surface area contributed by atoms with Crippen molar-refractivity contribution in [1.29, 1.82) is 5.26 Å². The lowest BCUT2D eigenvalue weighted by Gasteiger charge is -2.32. The molecule has 4 rings (SSSR count). The SMILES string of the molecule is CCOC(=O)CC(C#N)c1nc2c(C3CCN(CCc4ccccc4)CC3)cccc2o1. The predicted molar refractivity (Wildman–Crippen MR) is 122 cm³/mol. The first-order valence-corrected chi connectivity index (χ1v) is 11.4. The Hall–Kier alpha value is -3.17. The summed E-state index contributed by atoms with van der Waals surface area (Å²) in [4.78, 5) is 19.0. The summed E-state index contributed by atoms with van der Waals surface area (Å²) < 4.78 is 10.9. The number of ether oxygens (including phenoxy) is 1. The summed E-state index contributed by atoms with van der Waals surface area (Å²) in [5.74, 6) is -0.447. The van der Waals surface area contributed by atoms with Crippen LogP contribution in [0.5, 0.6) is 0 Å². The Morgan fingerprint density at radius 1 is 1.22 bits per heavy atom. The first kappa shape index (κ1) is 22.0. The van der Waals surface area contributed by atoms with Gasteiger partial charge in [-0.1, -0.05) is 42.5 Å². The van der Waals surface area contributed by atoms with Crippen LogP contribution in [-0.4, -0.2) is 42.1 Å². The second-order valence-corrected chi connectivity index (χ2v) is 8.29. The maximum Gasteiger partial charge on any atom is 0.307 e. The average Bonchev–Trinajstić information content (AvgIpc) is 3.27. The number of carbonyl (C=O) groups excluding carboxylic acids is 1. The number of para-hydroxylation sites is 1. The summed E-state index contributed by atoms with van der Waals surface area (Å²) in [6, 6.07) is 18.7. The maximum atomic E-state index is 11.8. The number of esters is 1. The van der Waals surface area contributed by atoms with E-state index in [0.717, 1.165) is 44.4 Å². The minimum Gasteiger partial charge on any atom is -0.466 e. The lowest BCUT2D eigenvalue weighted by Crippen LogP contribution is -2.34. The van der Waals surface area contributed by atoms with Gasteiger partial charge < -0.3 is 14.1 Å². The van der Waals surface area contributed by atoms with Crippen LogP contribution in [0.3, 0.4) is 0 Å². The van der Waals surface area contributed by atoms with E-state index in [0.29, 0.717) is 24.0 Å². The molecule has 0 amide bonds. The molecule has 1 fully saturated rings. The molecule has 0 saturated carbocycles. The van der Waals surface area contributed by atoms with Gasteiger partial charge in [-0.05, 0) is 62.4 Å². The number of fused-ring (bicyclic) bond motifs is 1. The number of nitriles is 1. The zero-order valence-electron chi connectivity index (χ0n) is 18.5. The molecule has 1 atom stereocenters. The Kier molecular flexibility index (Phi) is 7.18. The van der Waals surface area contributed by atoms with Gasteiger partial charge >= 0.3 is 5.97 Å². The Balaban J connectivity index is 1.42. The summed E-state index contributed by atoms with van der Waals surface area (Å²) in [7, 11) is 0. The van der Waals surface area contributed by atoms with Gasteiger partial charge in [0.2, 0.25) is 5.89 Å². The fourth-order valence-corrected chi connectivity index (χ4v) is 4.44. The lowest BCUT2D eigenvalue weighted by atomic mass is 9.88. The number of hydrogen-bond acceptors (Lipinski definition) is 6. The highest BCUT2D eigenvalue weighted by Gasteiger charge is 2.26. The van der Waals surface area contributed by atoms with E-state index in [4.69, 9.17) is 9.15 Å². The number of carbonyl (C=O) groups is 1. The summed E-state index contributed by atoms with van der Waals surface area (Å²) in [6.07, 6.45) is 3.16. The smallest absolute Gasteiger partial charge is 0.307 e. The number of benzene rings is 2. The molecule has 0 N–H and O–H groups in total. The fraction of sp³-hybridized carbons (Fsp3) is 0.423. The zero-order valence-corrected chi connectivity index (χ0v) is 18.5. The number of piperidine rings is 1. The molecule has 0 aliphatic carbocycles. The number of oxazole rings is 1. The molecule has 6 heteroatoms. The number of nitrogens with zero attached hydrogens (tertiary/aromatic N) is 3. The number of aromatic nitrogens is 1. The molecule has 0 radical (unpaired) electrons. The minimum absolute atomic E-state index is 0.0493. The molecule has 1 aromatic heterocycles. The van der Waals surface area contributed by atoms with Crippen LogP contribution in [0.15, 0.2) is 52.9 Å². The standard InChI is InChI=1S/C26H29N3O3/c1-2-31-24(30)17-21(18-27)26-28-25-22(9-6-10-23(25)32-26)20-12-15-29(16-13-20)14-11-19-7-4-3-5-8-19/h3-10,20-21H,2,11-17H2,1H3. The summed E-state index contributed by atoms with van der Waals surface area (Å²) >= 11 is 0. The van der Waals surface area contributed by atoms with Gasteiger partial charge in [0.25, 0.3) is 0 Å². The Labute approximate surface area is 188 Å². The van der Waals surface area contributed by atoms with E-state index in [1.807, 2.05) is 12.1 Å². The first-order chi connectivity index (χ1) is 15.7. The summed E-state index contributed by atoms with van der Waals surface area (Å²) in [5.41, 5.74) is 4.04. The predicted octanol–water partition coefficient (Wildman–Crippen LogP) is 4.81. The molecular formula is C26H29N3O3. The van der Waals surface area contributed by atoms with Crippen LogP contribution < -0.4 is 0 Å². The van der Waals surface area contributed by atoms with E-state index in [9.17, 15) is 10.1 Å². The van der Waals surface area contributed by atoms with Crippen molar-refractivity contribution in [3.8, 4) is 6.07 Å². The molecule has 1 saturated heterocycles. The Morgan fingerprint density at radius 2 is 2.00 bits per heavy atom. The second kappa shape index (κ2) is 10.4. The van der Waals surface area contributed by atoms with E-state index in [1.54, 1.807) is 6.92 Å². The highest BCUT2D eigenvalue weighted by Crippen LogP contribution is 2.34. The van der Waals surface area contributed by atoms with Crippen LogP contribution in [0, 0.1) is 11.3 Å². The van der Waals surface area contributed by atoms with E-state index < -0.39 is 11.9 Å². The molecule has 1 aliphatic heterocycles. The van der Waals surface area contributed by atoms with Crippen molar-refractivity contribution in [3.05, 3.63) is 65.5 Å². The van der Waals surface area contributed by atoms with Crippen molar-refractivity contribution in [2.24, 2.45) is 0 Å². The molecular weight excluding hydrogens is 402 g/mol. The third-order valence-electron chi connectivity index (χ3n) is 6.18. The molecule has 32 heavy (non-hydrogen) atoms. The van der Waals surface area contributed by atoms with Crippen LogP contribution >= 0.6 is 0 Å². The first-order valence-electron chi connectivity index (χ1n) is 11.4. The highest BCUT2D eigenvalue weighted by molar-refractivity contribution is 5.78. The van der Waals surface area contributed by atoms with Gasteiger partial charge in [0, 0.05) is 6.54 Å². The van der Waals surface area contributed by atoms with Crippen molar-refractivity contribution in [2.45, 2.75) is 44.4 Å². The normalized spacial score (nSPS) is 16.0. The van der Waals surface area contributed by atoms with Crippen LogP contribution in [0.25, 0.3) is 11.1 Å². The summed E-state index contributed by atoms with van der Waals surface area (Å²) in [5, 5.41) is 9.54. The molecule has 0 spiro atoms. The van der Waals surface area contributed by atoms with Crippen molar-refractivity contribution in [2.75, 3.05) is 26.2 Å². The van der Waals surface area contributed by atoms with Crippen molar-refractivity contribution >= 4 is 17.1 Å². The van der Waals surface area contributed by atoms with E-state index in [-0.39, 0.29) is 6.42 Å². The van der Waals surface area contributed by atoms with Crippen molar-refractivity contribution in [1.82, 2.24) is 9.88 Å². The van der Waals surface area contributed by atoms with Gasteiger partial charge in [0.1, 0.15) is 11.4 Å². The van der Waals surface area contributed by atoms with Gasteiger partial charge in [-0.2, -0.15) is 5.26 Å². The van der Waals surface area contributed by atoms with E-state index in [1.165, 1.54) is 11.1 Å². The number of likely N-dealkylation sites (tertiary alicyclic amines) is 1. The van der Waals surface area contributed by atoms with Crippen molar-refractivity contribution in [3.63, 3.8) is 0 Å².